The molecule has 1 saturated carbocycles. The number of nitrogens with one attached hydrogen (secondary N) is 1. The van der Waals surface area contributed by atoms with Crippen molar-refractivity contribution in [1.82, 2.24) is 20.4 Å². The van der Waals surface area contributed by atoms with E-state index >= 15 is 0 Å². The Labute approximate surface area is 199 Å². The maximum absolute atomic E-state index is 14.5. The van der Waals surface area contributed by atoms with Gasteiger partial charge in [0.2, 0.25) is 0 Å². The van der Waals surface area contributed by atoms with E-state index in [1.165, 1.54) is 18.2 Å². The van der Waals surface area contributed by atoms with Crippen LogP contribution in [0.3, 0.4) is 0 Å². The second-order valence-corrected chi connectivity index (χ2v) is 11.3. The molecule has 1 N–H and O–H groups in total. The predicted octanol–water partition coefficient (Wildman–Crippen LogP) is 4.79. The van der Waals surface area contributed by atoms with Crippen LogP contribution in [0.1, 0.15) is 64.6 Å². The van der Waals surface area contributed by atoms with Crippen molar-refractivity contribution in [3.8, 4) is 11.3 Å². The molecule has 1 aromatic carbocycles. The van der Waals surface area contributed by atoms with Gasteiger partial charge in [-0.2, -0.15) is 10.2 Å². The van der Waals surface area contributed by atoms with Gasteiger partial charge < -0.3 is 15.0 Å². The van der Waals surface area contributed by atoms with E-state index in [1.807, 2.05) is 31.7 Å². The third-order valence-corrected chi connectivity index (χ3v) is 8.13. The quantitative estimate of drug-likeness (QED) is 0.684. The van der Waals surface area contributed by atoms with Crippen molar-refractivity contribution in [2.45, 2.75) is 70.4 Å². The number of ether oxygens (including phenoxy) is 1. The minimum absolute atomic E-state index is 0.151. The number of fused-ring (bicyclic) bond motifs is 5. The van der Waals surface area contributed by atoms with Crippen LogP contribution >= 0.6 is 0 Å². The molecule has 182 valence electrons. The van der Waals surface area contributed by atoms with Crippen molar-refractivity contribution in [3.05, 3.63) is 47.2 Å². The number of carbonyl (C=O) groups is 1. The van der Waals surface area contributed by atoms with Crippen LogP contribution in [0.2, 0.25) is 0 Å². The molecule has 0 spiro atoms. The minimum Gasteiger partial charge on any atom is -0.444 e. The van der Waals surface area contributed by atoms with Crippen LogP contribution in [0, 0.1) is 17.0 Å². The summed E-state index contributed by atoms with van der Waals surface area (Å²) in [6, 6.07) is 5.46. The Morgan fingerprint density at radius 3 is 2.59 bits per heavy atom. The average molecular weight is 471 g/mol. The van der Waals surface area contributed by atoms with Crippen LogP contribution in [0.4, 0.5) is 13.6 Å². The normalized spacial score (nSPS) is 27.6. The monoisotopic (exact) mass is 470 g/mol. The maximum atomic E-state index is 14.5. The molecule has 5 rings (SSSR count). The summed E-state index contributed by atoms with van der Waals surface area (Å²) in [5, 5.41) is 12.4. The highest BCUT2D eigenvalue weighted by Crippen LogP contribution is 2.69. The second kappa shape index (κ2) is 7.70. The van der Waals surface area contributed by atoms with Gasteiger partial charge >= 0.3 is 6.09 Å². The summed E-state index contributed by atoms with van der Waals surface area (Å²) >= 11 is 0. The molecule has 3 aliphatic rings. The second-order valence-electron chi connectivity index (χ2n) is 11.3. The summed E-state index contributed by atoms with van der Waals surface area (Å²) in [6.45, 7) is 11.9. The zero-order chi connectivity index (χ0) is 24.5. The summed E-state index contributed by atoms with van der Waals surface area (Å²) in [7, 11) is 0. The van der Waals surface area contributed by atoms with Crippen LogP contribution in [0.25, 0.3) is 11.3 Å². The lowest BCUT2D eigenvalue weighted by Gasteiger charge is -2.50. The molecule has 0 unspecified atom stereocenters. The molecule has 2 fully saturated rings. The maximum Gasteiger partial charge on any atom is 0.410 e. The standard InChI is InChI=1S/C26H32F2N4O2/c1-24(2,3)34-23(33)32-12-11-29-14-20(32)26-10-9-16(25(26,4)5)15-13-19(30-31-22(15)26)21-17(27)7-6-8-18(21)28/h6-8,13,16,20,29H,9-12,14H2,1-5H3/t16-,20-,26-/m0/s1. The first kappa shape index (κ1) is 23.1. The fraction of sp³-hybridized carbons (Fsp3) is 0.577. The van der Waals surface area contributed by atoms with Crippen molar-refractivity contribution < 1.29 is 18.3 Å². The molecule has 8 heteroatoms. The van der Waals surface area contributed by atoms with Crippen LogP contribution < -0.4 is 5.32 Å². The largest absolute Gasteiger partial charge is 0.444 e. The van der Waals surface area contributed by atoms with Gasteiger partial charge in [-0.05, 0) is 68.7 Å². The first-order valence-electron chi connectivity index (χ1n) is 12.0. The molecule has 3 atom stereocenters. The summed E-state index contributed by atoms with van der Waals surface area (Å²) < 4.78 is 34.8. The van der Waals surface area contributed by atoms with Crippen LogP contribution in [-0.2, 0) is 10.2 Å². The summed E-state index contributed by atoms with van der Waals surface area (Å²) in [5.74, 6) is -1.15. The Morgan fingerprint density at radius 1 is 1.21 bits per heavy atom. The minimum atomic E-state index is -0.654. The van der Waals surface area contributed by atoms with E-state index in [1.54, 1.807) is 0 Å². The lowest BCUT2D eigenvalue weighted by Crippen LogP contribution is -2.64. The molecule has 34 heavy (non-hydrogen) atoms. The fourth-order valence-electron chi connectivity index (χ4n) is 6.65. The van der Waals surface area contributed by atoms with Gasteiger partial charge in [0.05, 0.1) is 23.0 Å². The smallest absolute Gasteiger partial charge is 0.410 e. The van der Waals surface area contributed by atoms with Crippen LogP contribution in [0.5, 0.6) is 0 Å². The third-order valence-electron chi connectivity index (χ3n) is 8.13. The molecular weight excluding hydrogens is 438 g/mol. The van der Waals surface area contributed by atoms with Gasteiger partial charge in [0.15, 0.2) is 0 Å². The molecule has 0 radical (unpaired) electrons. The van der Waals surface area contributed by atoms with Gasteiger partial charge in [0.25, 0.3) is 0 Å². The van der Waals surface area contributed by atoms with Crippen LogP contribution in [-0.4, -0.2) is 52.5 Å². The van der Waals surface area contributed by atoms with Gasteiger partial charge in [-0.1, -0.05) is 19.9 Å². The number of hydrogen-bond donors (Lipinski definition) is 1. The molecule has 1 saturated heterocycles. The third kappa shape index (κ3) is 3.25. The average Bonchev–Trinajstić information content (AvgIpc) is 3.13. The first-order chi connectivity index (χ1) is 16.0. The fourth-order valence-corrected chi connectivity index (χ4v) is 6.65. The van der Waals surface area contributed by atoms with Gasteiger partial charge in [0, 0.05) is 25.0 Å². The van der Waals surface area contributed by atoms with E-state index in [9.17, 15) is 13.6 Å². The zero-order valence-corrected chi connectivity index (χ0v) is 20.4. The number of hydrogen-bond acceptors (Lipinski definition) is 5. The molecule has 1 aliphatic heterocycles. The number of rotatable bonds is 2. The van der Waals surface area contributed by atoms with Gasteiger partial charge in [-0.15, -0.1) is 0 Å². The lowest BCUT2D eigenvalue weighted by molar-refractivity contribution is -0.0121. The number of halogens is 2. The molecule has 1 amide bonds. The van der Waals surface area contributed by atoms with Crippen LogP contribution in [0.15, 0.2) is 24.3 Å². The van der Waals surface area contributed by atoms with Gasteiger partial charge in [0.1, 0.15) is 17.2 Å². The van der Waals surface area contributed by atoms with E-state index in [4.69, 9.17) is 4.74 Å². The molecule has 2 heterocycles. The highest BCUT2D eigenvalue weighted by atomic mass is 19.1. The van der Waals surface area contributed by atoms with Crippen molar-refractivity contribution in [2.75, 3.05) is 19.6 Å². The summed E-state index contributed by atoms with van der Waals surface area (Å²) in [6.07, 6.45) is 1.47. The van der Waals surface area contributed by atoms with Crippen molar-refractivity contribution in [3.63, 3.8) is 0 Å². The number of carbonyl (C=O) groups excluding carboxylic acids is 1. The predicted molar refractivity (Wildman–Crippen MR) is 124 cm³/mol. The van der Waals surface area contributed by atoms with Gasteiger partial charge in [-0.3, -0.25) is 0 Å². The zero-order valence-electron chi connectivity index (χ0n) is 20.4. The van der Waals surface area contributed by atoms with E-state index in [0.29, 0.717) is 19.6 Å². The lowest BCUT2D eigenvalue weighted by atomic mass is 9.63. The Morgan fingerprint density at radius 2 is 1.91 bits per heavy atom. The summed E-state index contributed by atoms with van der Waals surface area (Å²) in [5.41, 5.74) is 0.636. The summed E-state index contributed by atoms with van der Waals surface area (Å²) in [4.78, 5) is 15.1. The number of aromatic nitrogens is 2. The Kier molecular flexibility index (Phi) is 5.24. The van der Waals surface area contributed by atoms with E-state index < -0.39 is 22.7 Å². The van der Waals surface area contributed by atoms with E-state index in [0.717, 1.165) is 24.1 Å². The van der Waals surface area contributed by atoms with E-state index in [-0.39, 0.29) is 34.7 Å². The van der Waals surface area contributed by atoms with Crippen molar-refractivity contribution in [1.29, 1.82) is 0 Å². The number of amides is 1. The molecular formula is C26H32F2N4O2. The topological polar surface area (TPSA) is 67.3 Å². The molecule has 2 aliphatic carbocycles. The van der Waals surface area contributed by atoms with Gasteiger partial charge in [-0.25, -0.2) is 13.6 Å². The first-order valence-corrected chi connectivity index (χ1v) is 12.0. The highest BCUT2D eigenvalue weighted by Gasteiger charge is 2.68. The van der Waals surface area contributed by atoms with E-state index in [2.05, 4.69) is 29.4 Å². The highest BCUT2D eigenvalue weighted by molar-refractivity contribution is 5.70. The number of piperazine rings is 1. The van der Waals surface area contributed by atoms with Crippen molar-refractivity contribution in [2.24, 2.45) is 5.41 Å². The molecule has 2 bridgehead atoms. The SMILES string of the molecule is CC(C)(C)OC(=O)N1CCNC[C@H]1[C@@]12CC[C@@H](c3cc(-c4c(F)cccc4F)nnc31)C2(C)C. The molecule has 6 nitrogen and oxygen atoms in total. The number of nitrogens with zero attached hydrogens (tertiary/aromatic N) is 3. The number of benzene rings is 1. The molecule has 2 aromatic rings. The Hall–Kier alpha value is -2.61. The molecule has 1 aromatic heterocycles. The Balaban J connectivity index is 1.61. The Bertz CT molecular complexity index is 1130. The van der Waals surface area contributed by atoms with Crippen molar-refractivity contribution >= 4 is 6.09 Å².